The molecular formula is C31H37N7O3. The molecule has 4 aromatic rings. The van der Waals surface area contributed by atoms with Gasteiger partial charge in [0.05, 0.1) is 37.3 Å². The van der Waals surface area contributed by atoms with Crippen molar-refractivity contribution in [3.8, 4) is 22.4 Å². The number of carbonyl (C=O) groups is 1. The van der Waals surface area contributed by atoms with Crippen LogP contribution < -0.4 is 4.90 Å². The summed E-state index contributed by atoms with van der Waals surface area (Å²) >= 11 is 0. The van der Waals surface area contributed by atoms with Gasteiger partial charge in [0.25, 0.3) is 0 Å². The van der Waals surface area contributed by atoms with Crippen LogP contribution >= 0.6 is 0 Å². The van der Waals surface area contributed by atoms with Gasteiger partial charge in [-0.25, -0.2) is 9.97 Å². The van der Waals surface area contributed by atoms with Crippen LogP contribution in [-0.4, -0.2) is 81.5 Å². The fourth-order valence-corrected chi connectivity index (χ4v) is 6.54. The number of aromatic amines is 1. The third-order valence-electron chi connectivity index (χ3n) is 8.99. The zero-order valence-corrected chi connectivity index (χ0v) is 24.0. The van der Waals surface area contributed by atoms with Gasteiger partial charge in [-0.3, -0.25) is 9.48 Å². The van der Waals surface area contributed by atoms with Gasteiger partial charge >= 0.3 is 5.97 Å². The zero-order valence-electron chi connectivity index (χ0n) is 24.0. The fourth-order valence-electron chi connectivity index (χ4n) is 6.54. The summed E-state index contributed by atoms with van der Waals surface area (Å²) in [7, 11) is 2.17. The van der Waals surface area contributed by atoms with Gasteiger partial charge in [0.15, 0.2) is 11.2 Å². The molecule has 3 aliphatic heterocycles. The Morgan fingerprint density at radius 3 is 2.63 bits per heavy atom. The van der Waals surface area contributed by atoms with Crippen LogP contribution in [0.2, 0.25) is 0 Å². The van der Waals surface area contributed by atoms with Gasteiger partial charge in [0, 0.05) is 59.8 Å². The Bertz CT molecular complexity index is 1580. The standard InChI is InChI=1S/C31H37N7O3/c1-20-5-4-8-37(20)26-12-22(11-24(13-26)31(18-40-19-31)41-21(2)39)28-16-33-30-29(35-28)27(15-32-30)23-14-34-38(17-23)25-6-9-36(3)10-7-25/h11-17,20,25H,4-10,18-19H2,1-3H3,(H,32,33)/t20-/m1/s1. The van der Waals surface area contributed by atoms with Crippen LogP contribution in [0.3, 0.4) is 0 Å². The van der Waals surface area contributed by atoms with Gasteiger partial charge in [-0.2, -0.15) is 5.10 Å². The molecule has 3 saturated heterocycles. The van der Waals surface area contributed by atoms with Crippen molar-refractivity contribution in [2.45, 2.75) is 57.2 Å². The minimum Gasteiger partial charge on any atom is -0.449 e. The molecule has 0 spiro atoms. The van der Waals surface area contributed by atoms with E-state index in [-0.39, 0.29) is 5.97 Å². The van der Waals surface area contributed by atoms with E-state index in [1.165, 1.54) is 6.92 Å². The molecular weight excluding hydrogens is 518 g/mol. The lowest BCUT2D eigenvalue weighted by molar-refractivity contribution is -0.216. The van der Waals surface area contributed by atoms with Crippen molar-refractivity contribution in [1.82, 2.24) is 29.6 Å². The molecule has 41 heavy (non-hydrogen) atoms. The monoisotopic (exact) mass is 555 g/mol. The maximum Gasteiger partial charge on any atom is 0.303 e. The molecule has 10 nitrogen and oxygen atoms in total. The first-order valence-corrected chi connectivity index (χ1v) is 14.7. The van der Waals surface area contributed by atoms with E-state index >= 15 is 0 Å². The van der Waals surface area contributed by atoms with E-state index in [1.807, 2.05) is 18.6 Å². The smallest absolute Gasteiger partial charge is 0.303 e. The van der Waals surface area contributed by atoms with Gasteiger partial charge in [-0.05, 0) is 70.9 Å². The number of benzene rings is 1. The third-order valence-corrected chi connectivity index (χ3v) is 8.99. The number of H-pyrrole nitrogens is 1. The van der Waals surface area contributed by atoms with Crippen molar-refractivity contribution in [3.63, 3.8) is 0 Å². The molecule has 6 heterocycles. The summed E-state index contributed by atoms with van der Waals surface area (Å²) in [5.74, 6) is -0.311. The summed E-state index contributed by atoms with van der Waals surface area (Å²) in [5, 5.41) is 4.73. The first-order valence-electron chi connectivity index (χ1n) is 14.7. The average Bonchev–Trinajstić information content (AvgIpc) is 3.70. The number of nitrogens with one attached hydrogen (secondary N) is 1. The van der Waals surface area contributed by atoms with Crippen molar-refractivity contribution in [3.05, 3.63) is 48.5 Å². The summed E-state index contributed by atoms with van der Waals surface area (Å²) < 4.78 is 13.5. The topological polar surface area (TPSA) is 101 Å². The van der Waals surface area contributed by atoms with Crippen LogP contribution in [0.5, 0.6) is 0 Å². The predicted octanol–water partition coefficient (Wildman–Crippen LogP) is 4.53. The molecule has 1 atom stereocenters. The number of esters is 1. The molecule has 0 aliphatic carbocycles. The van der Waals surface area contributed by atoms with Crippen molar-refractivity contribution >= 4 is 22.8 Å². The van der Waals surface area contributed by atoms with Gasteiger partial charge in [-0.15, -0.1) is 0 Å². The van der Waals surface area contributed by atoms with Crippen molar-refractivity contribution in [2.24, 2.45) is 0 Å². The lowest BCUT2D eigenvalue weighted by atomic mass is 9.89. The Balaban J connectivity index is 1.28. The minimum atomic E-state index is -0.779. The normalized spacial score (nSPS) is 21.3. The number of likely N-dealkylation sites (tertiary alicyclic amines) is 1. The number of hydrogen-bond donors (Lipinski definition) is 1. The Morgan fingerprint density at radius 1 is 1.10 bits per heavy atom. The molecule has 0 unspecified atom stereocenters. The van der Waals surface area contributed by atoms with E-state index in [2.05, 4.69) is 57.8 Å². The molecule has 7 rings (SSSR count). The molecule has 10 heteroatoms. The van der Waals surface area contributed by atoms with Crippen LogP contribution in [-0.2, 0) is 19.9 Å². The molecule has 3 aliphatic rings. The number of nitrogens with zero attached hydrogens (tertiary/aromatic N) is 6. The highest BCUT2D eigenvalue weighted by molar-refractivity contribution is 5.91. The highest BCUT2D eigenvalue weighted by atomic mass is 16.6. The van der Waals surface area contributed by atoms with E-state index in [0.717, 1.165) is 90.1 Å². The second-order valence-corrected chi connectivity index (χ2v) is 11.9. The number of piperidine rings is 1. The average molecular weight is 556 g/mol. The highest BCUT2D eigenvalue weighted by Gasteiger charge is 2.44. The Morgan fingerprint density at radius 2 is 1.93 bits per heavy atom. The van der Waals surface area contributed by atoms with E-state index in [1.54, 1.807) is 0 Å². The molecule has 0 bridgehead atoms. The minimum absolute atomic E-state index is 0.311. The van der Waals surface area contributed by atoms with Crippen molar-refractivity contribution in [2.75, 3.05) is 44.8 Å². The molecule has 0 radical (unpaired) electrons. The van der Waals surface area contributed by atoms with Gasteiger partial charge < -0.3 is 24.3 Å². The number of rotatable bonds is 6. The number of ether oxygens (including phenoxy) is 2. The summed E-state index contributed by atoms with van der Waals surface area (Å²) in [6, 6.07) is 7.28. The highest BCUT2D eigenvalue weighted by Crippen LogP contribution is 2.40. The van der Waals surface area contributed by atoms with Crippen LogP contribution in [0.15, 0.2) is 43.0 Å². The van der Waals surface area contributed by atoms with Crippen LogP contribution in [0.1, 0.15) is 51.1 Å². The second kappa shape index (κ2) is 10.3. The largest absolute Gasteiger partial charge is 0.449 e. The quantitative estimate of drug-likeness (QED) is 0.346. The summed E-state index contributed by atoms with van der Waals surface area (Å²) in [4.78, 5) is 30.0. The summed E-state index contributed by atoms with van der Waals surface area (Å²) in [6.07, 6.45) is 12.4. The van der Waals surface area contributed by atoms with Crippen LogP contribution in [0.25, 0.3) is 33.5 Å². The van der Waals surface area contributed by atoms with E-state index in [9.17, 15) is 4.79 Å². The number of carbonyl (C=O) groups excluding carboxylic acids is 1. The molecule has 3 fully saturated rings. The number of fused-ring (bicyclic) bond motifs is 1. The SMILES string of the molecule is CC(=O)OC1(c2cc(-c3cnc4[nH]cc(-c5cnn(C6CCN(C)CC6)c5)c4n3)cc(N3CCC[C@H]3C)c2)COC1. The number of hydrogen-bond acceptors (Lipinski definition) is 8. The Labute approximate surface area is 239 Å². The van der Waals surface area contributed by atoms with Gasteiger partial charge in [0.2, 0.25) is 0 Å². The second-order valence-electron chi connectivity index (χ2n) is 11.9. The first kappa shape index (κ1) is 26.2. The summed E-state index contributed by atoms with van der Waals surface area (Å²) in [5.41, 5.74) is 6.55. The van der Waals surface area contributed by atoms with E-state index in [4.69, 9.17) is 24.5 Å². The molecule has 214 valence electrons. The predicted molar refractivity (Wildman–Crippen MR) is 157 cm³/mol. The molecule has 1 aromatic carbocycles. The maximum atomic E-state index is 12.1. The van der Waals surface area contributed by atoms with E-state index < -0.39 is 5.60 Å². The molecule has 0 amide bonds. The van der Waals surface area contributed by atoms with Gasteiger partial charge in [0.1, 0.15) is 5.52 Å². The molecule has 1 N–H and O–H groups in total. The van der Waals surface area contributed by atoms with Crippen molar-refractivity contribution in [1.29, 1.82) is 0 Å². The van der Waals surface area contributed by atoms with Crippen LogP contribution in [0.4, 0.5) is 5.69 Å². The van der Waals surface area contributed by atoms with E-state index in [0.29, 0.717) is 25.3 Å². The number of aromatic nitrogens is 5. The molecule has 0 saturated carbocycles. The Kier molecular flexibility index (Phi) is 6.54. The lowest BCUT2D eigenvalue weighted by Gasteiger charge is -2.41. The summed E-state index contributed by atoms with van der Waals surface area (Å²) in [6.45, 7) is 7.58. The van der Waals surface area contributed by atoms with Crippen molar-refractivity contribution < 1.29 is 14.3 Å². The maximum absolute atomic E-state index is 12.1. The fraction of sp³-hybridized carbons (Fsp3) is 0.484. The zero-order chi connectivity index (χ0) is 28.1. The molecule has 3 aromatic heterocycles. The third kappa shape index (κ3) is 4.78. The van der Waals surface area contributed by atoms with Crippen LogP contribution in [0, 0.1) is 0 Å². The number of anilines is 1. The first-order chi connectivity index (χ1) is 19.9. The van der Waals surface area contributed by atoms with Gasteiger partial charge in [-0.1, -0.05) is 0 Å². The Hall–Kier alpha value is -3.76. The lowest BCUT2D eigenvalue weighted by Crippen LogP contribution is -2.50.